The summed E-state index contributed by atoms with van der Waals surface area (Å²) in [6.45, 7) is 0. The van der Waals surface area contributed by atoms with Gasteiger partial charge in [-0.15, -0.1) is 4.40 Å². The van der Waals surface area contributed by atoms with Crippen LogP contribution in [0.5, 0.6) is 0 Å². The molecular weight excluding hydrogens is 280 g/mol. The van der Waals surface area contributed by atoms with Crippen molar-refractivity contribution in [2.24, 2.45) is 4.40 Å². The van der Waals surface area contributed by atoms with Crippen LogP contribution in [0.1, 0.15) is 12.8 Å². The van der Waals surface area contributed by atoms with Crippen molar-refractivity contribution in [3.63, 3.8) is 0 Å². The van der Waals surface area contributed by atoms with Gasteiger partial charge in [-0.3, -0.25) is 4.79 Å². The first kappa shape index (κ1) is 12.8. The maximum absolute atomic E-state index is 11.8. The van der Waals surface area contributed by atoms with Gasteiger partial charge in [-0.25, -0.2) is 0 Å². The zero-order valence-electron chi connectivity index (χ0n) is 9.05. The lowest BCUT2D eigenvalue weighted by molar-refractivity contribution is -0.136. The molecule has 96 valence electrons. The van der Waals surface area contributed by atoms with E-state index in [2.05, 4.69) is 9.71 Å². The van der Waals surface area contributed by atoms with Crippen molar-refractivity contribution < 1.29 is 18.3 Å². The van der Waals surface area contributed by atoms with Crippen molar-refractivity contribution in [3.8, 4) is 0 Å². The summed E-state index contributed by atoms with van der Waals surface area (Å²) < 4.78 is 27.2. The lowest BCUT2D eigenvalue weighted by Gasteiger charge is -2.17. The molecule has 0 aromatic heterocycles. The van der Waals surface area contributed by atoms with Gasteiger partial charge in [0.05, 0.1) is 12.1 Å². The Bertz CT molecular complexity index is 639. The summed E-state index contributed by atoms with van der Waals surface area (Å²) in [4.78, 5) is 10.5. The number of benzene rings is 1. The van der Waals surface area contributed by atoms with Gasteiger partial charge in [0.2, 0.25) is 0 Å². The lowest BCUT2D eigenvalue weighted by atomic mass is 10.2. The normalized spacial score (nSPS) is 16.4. The topological polar surface area (TPSA) is 95.8 Å². The molecule has 0 saturated heterocycles. The quantitative estimate of drug-likeness (QED) is 0.883. The number of sulfonamides is 1. The van der Waals surface area contributed by atoms with E-state index in [0.29, 0.717) is 10.7 Å². The van der Waals surface area contributed by atoms with Crippen LogP contribution in [-0.2, 0) is 14.8 Å². The van der Waals surface area contributed by atoms with E-state index in [-0.39, 0.29) is 23.6 Å². The van der Waals surface area contributed by atoms with Gasteiger partial charge in [0, 0.05) is 11.4 Å². The van der Waals surface area contributed by atoms with Crippen molar-refractivity contribution >= 4 is 39.1 Å². The summed E-state index contributed by atoms with van der Waals surface area (Å²) in [6, 6.07) is 4.28. The van der Waals surface area contributed by atoms with Crippen LogP contribution in [0, 0.1) is 0 Å². The van der Waals surface area contributed by atoms with Crippen LogP contribution < -0.4 is 5.32 Å². The Morgan fingerprint density at radius 2 is 2.17 bits per heavy atom. The number of nitrogens with one attached hydrogen (secondary N) is 1. The number of anilines is 1. The van der Waals surface area contributed by atoms with Crippen LogP contribution in [0.15, 0.2) is 27.5 Å². The van der Waals surface area contributed by atoms with Gasteiger partial charge in [0.25, 0.3) is 10.0 Å². The molecule has 0 amide bonds. The Morgan fingerprint density at radius 3 is 2.83 bits per heavy atom. The first-order valence-electron chi connectivity index (χ1n) is 5.01. The van der Waals surface area contributed by atoms with Crippen molar-refractivity contribution in [1.82, 2.24) is 0 Å². The SMILES string of the molecule is O=C(O)CCC1=NS(=O)(=O)c2ccc(Cl)cc2N1. The Kier molecular flexibility index (Phi) is 3.27. The van der Waals surface area contributed by atoms with Crippen LogP contribution >= 0.6 is 11.6 Å². The van der Waals surface area contributed by atoms with E-state index in [1.54, 1.807) is 0 Å². The smallest absolute Gasteiger partial charge is 0.303 e. The fourth-order valence-corrected chi connectivity index (χ4v) is 2.86. The number of carbonyl (C=O) groups is 1. The van der Waals surface area contributed by atoms with Gasteiger partial charge in [-0.05, 0) is 18.2 Å². The molecule has 1 aliphatic heterocycles. The Labute approximate surface area is 108 Å². The average molecular weight is 289 g/mol. The molecular formula is C10H9ClN2O4S. The van der Waals surface area contributed by atoms with Gasteiger partial charge >= 0.3 is 5.97 Å². The molecule has 1 aromatic carbocycles. The molecule has 0 unspecified atom stereocenters. The van der Waals surface area contributed by atoms with E-state index in [9.17, 15) is 13.2 Å². The zero-order chi connectivity index (χ0) is 13.3. The maximum Gasteiger partial charge on any atom is 0.303 e. The summed E-state index contributed by atoms with van der Waals surface area (Å²) >= 11 is 5.78. The molecule has 8 heteroatoms. The Balaban J connectivity index is 2.36. The van der Waals surface area contributed by atoms with E-state index < -0.39 is 16.0 Å². The lowest BCUT2D eigenvalue weighted by Crippen LogP contribution is -2.22. The number of aliphatic carboxylic acids is 1. The highest BCUT2D eigenvalue weighted by molar-refractivity contribution is 7.90. The molecule has 0 spiro atoms. The fraction of sp³-hybridized carbons (Fsp3) is 0.200. The third-order valence-electron chi connectivity index (χ3n) is 2.30. The maximum atomic E-state index is 11.8. The molecule has 6 nitrogen and oxygen atoms in total. The van der Waals surface area contributed by atoms with Crippen LogP contribution in [0.3, 0.4) is 0 Å². The van der Waals surface area contributed by atoms with Crippen LogP contribution in [-0.4, -0.2) is 25.3 Å². The number of carboxylic acid groups (broad SMARTS) is 1. The van der Waals surface area contributed by atoms with Crippen LogP contribution in [0.4, 0.5) is 5.69 Å². The van der Waals surface area contributed by atoms with Gasteiger partial charge in [0.1, 0.15) is 10.7 Å². The molecule has 0 saturated carbocycles. The van der Waals surface area contributed by atoms with Crippen molar-refractivity contribution in [2.45, 2.75) is 17.7 Å². The molecule has 0 radical (unpaired) electrons. The Hall–Kier alpha value is -1.60. The van der Waals surface area contributed by atoms with E-state index in [4.69, 9.17) is 16.7 Å². The molecule has 2 rings (SSSR count). The number of amidine groups is 1. The fourth-order valence-electron chi connectivity index (χ4n) is 1.53. The zero-order valence-corrected chi connectivity index (χ0v) is 10.6. The predicted molar refractivity (Wildman–Crippen MR) is 66.6 cm³/mol. The minimum Gasteiger partial charge on any atom is -0.481 e. The number of carboxylic acids is 1. The van der Waals surface area contributed by atoms with Crippen molar-refractivity contribution in [2.75, 3.05) is 5.32 Å². The van der Waals surface area contributed by atoms with E-state index in [1.165, 1.54) is 18.2 Å². The third-order valence-corrected chi connectivity index (χ3v) is 3.91. The molecule has 1 heterocycles. The second-order valence-electron chi connectivity index (χ2n) is 3.67. The van der Waals surface area contributed by atoms with Crippen molar-refractivity contribution in [1.29, 1.82) is 0 Å². The standard InChI is InChI=1S/C10H9ClN2O4S/c11-6-1-2-8-7(5-6)12-9(3-4-10(14)15)13-18(8,16)17/h1-2,5H,3-4H2,(H,12,13)(H,14,15). The van der Waals surface area contributed by atoms with Gasteiger partial charge < -0.3 is 10.4 Å². The van der Waals surface area contributed by atoms with Crippen LogP contribution in [0.2, 0.25) is 5.02 Å². The molecule has 0 aliphatic carbocycles. The van der Waals surface area contributed by atoms with Crippen molar-refractivity contribution in [3.05, 3.63) is 23.2 Å². The van der Waals surface area contributed by atoms with Gasteiger partial charge in [-0.1, -0.05) is 11.6 Å². The summed E-state index contributed by atoms with van der Waals surface area (Å²) in [7, 11) is -3.78. The average Bonchev–Trinajstić information content (AvgIpc) is 2.24. The molecule has 0 atom stereocenters. The van der Waals surface area contributed by atoms with Crippen LogP contribution in [0.25, 0.3) is 0 Å². The second kappa shape index (κ2) is 4.58. The first-order chi connectivity index (χ1) is 8.38. The van der Waals surface area contributed by atoms with E-state index >= 15 is 0 Å². The summed E-state index contributed by atoms with van der Waals surface area (Å²) in [5.74, 6) is -0.916. The molecule has 18 heavy (non-hydrogen) atoms. The first-order valence-corrected chi connectivity index (χ1v) is 6.82. The van der Waals surface area contributed by atoms with Gasteiger partial charge in [-0.2, -0.15) is 8.42 Å². The number of hydrogen-bond donors (Lipinski definition) is 2. The summed E-state index contributed by atoms with van der Waals surface area (Å²) in [6.07, 6.45) is -0.183. The minimum atomic E-state index is -3.78. The number of nitrogens with zero attached hydrogens (tertiary/aromatic N) is 1. The number of hydrogen-bond acceptors (Lipinski definition) is 4. The third kappa shape index (κ3) is 2.62. The molecule has 0 bridgehead atoms. The number of fused-ring (bicyclic) bond motifs is 1. The number of rotatable bonds is 3. The monoisotopic (exact) mass is 288 g/mol. The molecule has 0 fully saturated rings. The summed E-state index contributed by atoms with van der Waals surface area (Å²) in [5.41, 5.74) is 0.317. The molecule has 1 aromatic rings. The second-order valence-corrected chi connectivity index (χ2v) is 5.68. The van der Waals surface area contributed by atoms with E-state index in [1.807, 2.05) is 0 Å². The highest BCUT2D eigenvalue weighted by Gasteiger charge is 2.24. The van der Waals surface area contributed by atoms with Gasteiger partial charge in [0.15, 0.2) is 0 Å². The Morgan fingerprint density at radius 1 is 1.44 bits per heavy atom. The minimum absolute atomic E-state index is 0.0144. The molecule has 2 N–H and O–H groups in total. The predicted octanol–water partition coefficient (Wildman–Crippen LogP) is 1.72. The highest BCUT2D eigenvalue weighted by Crippen LogP contribution is 2.30. The van der Waals surface area contributed by atoms with E-state index in [0.717, 1.165) is 0 Å². The molecule has 1 aliphatic rings. The summed E-state index contributed by atoms with van der Waals surface area (Å²) in [5, 5.41) is 11.7. The largest absolute Gasteiger partial charge is 0.481 e. The highest BCUT2D eigenvalue weighted by atomic mass is 35.5. The number of halogens is 1.